The fraction of sp³-hybridized carbons (Fsp3) is 0.549. The molecular weight excluding hydrogens is 1510 g/mol. The van der Waals surface area contributed by atoms with E-state index in [0.717, 1.165) is 52.9 Å². The molecule has 1 saturated heterocycles. The van der Waals surface area contributed by atoms with Crippen LogP contribution in [0.1, 0.15) is 146 Å². The third-order valence-electron chi connectivity index (χ3n) is 17.4. The smallest absolute Gasteiger partial charge is 0.329 e. The largest absolute Gasteiger partial charge is 0.497 e. The Bertz CT molecular complexity index is 3790. The number of Topliss-reactive ketones (excluding diaryl/α,β-unsaturated/α-hetero) is 1. The summed E-state index contributed by atoms with van der Waals surface area (Å²) in [5, 5.41) is 77.8. The molecule has 628 valence electrons. The molecule has 3 rings (SSSR count). The van der Waals surface area contributed by atoms with E-state index in [1.807, 2.05) is 16.0 Å². The number of anilines is 1. The Kier molecular flexibility index (Phi) is 41.2. The number of primary amides is 1. The number of cyclic esters (lactones) is 1. The van der Waals surface area contributed by atoms with E-state index in [0.29, 0.717) is 24.2 Å². The molecule has 14 amide bonds. The average Bonchev–Trinajstić information content (AvgIpc) is 0.838. The van der Waals surface area contributed by atoms with E-state index in [2.05, 4.69) is 60.1 Å². The molecule has 0 bridgehead atoms. The highest BCUT2D eigenvalue weighted by molar-refractivity contribution is 6.05. The molecule has 2 aromatic rings. The van der Waals surface area contributed by atoms with Crippen molar-refractivity contribution in [3.05, 3.63) is 59.7 Å². The average molecular weight is 1610 g/mol. The molecule has 0 radical (unpaired) electrons. The summed E-state index contributed by atoms with van der Waals surface area (Å²) in [6, 6.07) is -11.2. The van der Waals surface area contributed by atoms with E-state index < -0.39 is 261 Å². The third-order valence-corrected chi connectivity index (χ3v) is 17.4. The molecule has 13 atom stereocenters. The zero-order valence-electron chi connectivity index (χ0n) is 63.4. The van der Waals surface area contributed by atoms with Crippen LogP contribution in [-0.2, 0) is 102 Å². The zero-order valence-corrected chi connectivity index (χ0v) is 63.4. The number of esters is 1. The van der Waals surface area contributed by atoms with E-state index in [1.54, 1.807) is 24.3 Å². The van der Waals surface area contributed by atoms with Crippen LogP contribution in [0.4, 0.5) is 5.69 Å². The van der Waals surface area contributed by atoms with Gasteiger partial charge >= 0.3 is 29.8 Å². The Morgan fingerprint density at radius 1 is 0.553 bits per heavy atom. The summed E-state index contributed by atoms with van der Waals surface area (Å²) in [5.74, 6) is -29.4. The minimum absolute atomic E-state index is 0.0238. The van der Waals surface area contributed by atoms with Crippen molar-refractivity contribution in [3.63, 3.8) is 0 Å². The van der Waals surface area contributed by atoms with Crippen molar-refractivity contribution in [2.24, 2.45) is 17.4 Å². The number of hydrogen-bond acceptors (Lipinski definition) is 25. The highest BCUT2D eigenvalue weighted by Crippen LogP contribution is 2.19. The number of ether oxygens (including phenoxy) is 2. The van der Waals surface area contributed by atoms with E-state index in [1.165, 1.54) is 31.4 Å². The molecule has 114 heavy (non-hydrogen) atoms. The second kappa shape index (κ2) is 49.0. The lowest BCUT2D eigenvalue weighted by molar-refractivity contribution is -0.156. The van der Waals surface area contributed by atoms with Gasteiger partial charge in [-0.15, -0.1) is 0 Å². The van der Waals surface area contributed by atoms with Crippen molar-refractivity contribution in [1.82, 2.24) is 69.1 Å². The molecule has 0 spiro atoms. The molecule has 0 aliphatic carbocycles. The summed E-state index contributed by atoms with van der Waals surface area (Å²) < 4.78 is 10.9. The van der Waals surface area contributed by atoms with Gasteiger partial charge < -0.3 is 121 Å². The van der Waals surface area contributed by atoms with Crippen molar-refractivity contribution in [3.8, 4) is 5.75 Å². The third kappa shape index (κ3) is 34.4. The molecule has 1 fully saturated rings. The number of benzene rings is 2. The van der Waals surface area contributed by atoms with Gasteiger partial charge in [0.25, 0.3) is 0 Å². The van der Waals surface area contributed by atoms with Gasteiger partial charge in [-0.2, -0.15) is 0 Å². The maximum atomic E-state index is 14.8. The van der Waals surface area contributed by atoms with Gasteiger partial charge in [-0.05, 0) is 75.4 Å². The van der Waals surface area contributed by atoms with Crippen molar-refractivity contribution in [1.29, 1.82) is 0 Å². The molecule has 2 aromatic carbocycles. The molecule has 0 unspecified atom stereocenters. The normalized spacial score (nSPS) is 21.2. The molecular formula is C71H102N16O27. The van der Waals surface area contributed by atoms with Gasteiger partial charge in [0.1, 0.15) is 78.3 Å². The number of ketones is 1. The lowest BCUT2D eigenvalue weighted by Gasteiger charge is -2.30. The van der Waals surface area contributed by atoms with Crippen molar-refractivity contribution < 1.29 is 131 Å². The highest BCUT2D eigenvalue weighted by Gasteiger charge is 2.41. The molecule has 0 saturated carbocycles. The predicted molar refractivity (Wildman–Crippen MR) is 395 cm³/mol. The standard InChI is InChI=1S/C71H102N16O27/c1-6-7-8-9-10-11-12-19-52(91)79-43(26-38-20-22-39(113-5)23-21-38)65(106)82-44(28-51(74)90)66(107)84-47(31-58(100)101)67(108)87-60-37(4)114-71(112)48(27-50(89)40-16-13-14-17-41(40)73)85-70(111)59(35(2)25-55(94)95)86-68(109)49(34-88)80-54(93)32-75-62(103)45(29-56(96)97)81-61(102)36(3)77-64(105)46(30-57(98)99)83-63(104)42(18-15-24-72)78-53(92)33-76-69(60)110/h13-14,16-17,20-23,35-37,42-49,59-60,88H,6-12,15,18-19,24-34,72-73H2,1-5H3,(H2,74,90)(H,75,103)(H,76,110)(H,77,105)(H,78,92)(H,79,91)(H,80,93)(H,81,102)(H,82,106)(H,83,104)(H,84,107)(H,85,111)(H,86,109)(H,87,108)(H,94,95)(H,96,97)(H,98,99)(H,100,101)/t35-,36+,37+,42-,43-,44-,45-,46-,47-,48-,49+,59-,60-/m0/s1. The number of carbonyl (C=O) groups is 20. The first-order chi connectivity index (χ1) is 53.8. The number of aliphatic hydroxyl groups is 1. The van der Waals surface area contributed by atoms with Gasteiger partial charge in [0.15, 0.2) is 5.78 Å². The lowest BCUT2D eigenvalue weighted by atomic mass is 9.96. The molecule has 1 heterocycles. The molecule has 43 nitrogen and oxygen atoms in total. The fourth-order valence-electron chi connectivity index (χ4n) is 11.2. The first kappa shape index (κ1) is 95.8. The number of methoxy groups -OCH3 is 1. The molecule has 1 aliphatic heterocycles. The van der Waals surface area contributed by atoms with Crippen LogP contribution in [0.3, 0.4) is 0 Å². The van der Waals surface area contributed by atoms with Gasteiger partial charge in [0.05, 0.1) is 58.9 Å². The van der Waals surface area contributed by atoms with Crippen LogP contribution in [0, 0.1) is 5.92 Å². The Labute approximate surface area is 653 Å². The van der Waals surface area contributed by atoms with Gasteiger partial charge in [-0.1, -0.05) is 76.6 Å². The first-order valence-electron chi connectivity index (χ1n) is 36.4. The first-order valence-corrected chi connectivity index (χ1v) is 36.4. The minimum atomic E-state index is -2.45. The molecule has 0 aromatic heterocycles. The summed E-state index contributed by atoms with van der Waals surface area (Å²) in [6.45, 7) is 1.10. The number of aliphatic hydroxyl groups excluding tert-OH is 1. The van der Waals surface area contributed by atoms with E-state index >= 15 is 0 Å². The molecule has 43 heteroatoms. The number of aliphatic carboxylic acids is 4. The Balaban J connectivity index is 2.29. The number of nitrogen functional groups attached to an aromatic ring is 1. The van der Waals surface area contributed by atoms with Crippen LogP contribution < -0.4 is 91.1 Å². The minimum Gasteiger partial charge on any atom is -0.497 e. The van der Waals surface area contributed by atoms with Crippen LogP contribution in [-0.4, -0.2) is 250 Å². The Morgan fingerprint density at radius 2 is 1.08 bits per heavy atom. The highest BCUT2D eigenvalue weighted by atomic mass is 16.5. The maximum Gasteiger partial charge on any atom is 0.329 e. The number of carboxylic acids is 4. The molecule has 1 aliphatic rings. The van der Waals surface area contributed by atoms with Crippen LogP contribution >= 0.6 is 0 Å². The molecule has 24 N–H and O–H groups in total. The van der Waals surface area contributed by atoms with E-state index in [-0.39, 0.29) is 37.1 Å². The summed E-state index contributed by atoms with van der Waals surface area (Å²) in [4.78, 5) is 272. The summed E-state index contributed by atoms with van der Waals surface area (Å²) >= 11 is 0. The van der Waals surface area contributed by atoms with Crippen molar-refractivity contribution in [2.75, 3.05) is 39.1 Å². The van der Waals surface area contributed by atoms with Crippen LogP contribution in [0.15, 0.2) is 48.5 Å². The summed E-state index contributed by atoms with van der Waals surface area (Å²) in [6.07, 6.45) is -3.97. The zero-order chi connectivity index (χ0) is 85.5. The van der Waals surface area contributed by atoms with Crippen molar-refractivity contribution in [2.45, 2.75) is 209 Å². The second-order valence-electron chi connectivity index (χ2n) is 26.7. The Hall–Kier alpha value is -12.4. The number of carbonyl (C=O) groups excluding carboxylic acids is 16. The van der Waals surface area contributed by atoms with E-state index in [9.17, 15) is 121 Å². The number of rotatable bonds is 36. The van der Waals surface area contributed by atoms with Crippen LogP contribution in [0.5, 0.6) is 5.75 Å². The number of hydrogen-bond donors (Lipinski definition) is 21. The van der Waals surface area contributed by atoms with E-state index in [4.69, 9.17) is 26.7 Å². The Morgan fingerprint density at radius 3 is 1.64 bits per heavy atom. The van der Waals surface area contributed by atoms with Gasteiger partial charge in [-0.3, -0.25) is 91.1 Å². The summed E-state index contributed by atoms with van der Waals surface area (Å²) in [7, 11) is 1.41. The quantitative estimate of drug-likeness (QED) is 0.0131. The van der Waals surface area contributed by atoms with Gasteiger partial charge in [0.2, 0.25) is 82.7 Å². The van der Waals surface area contributed by atoms with Crippen molar-refractivity contribution >= 4 is 124 Å². The number of unbranched alkanes of at least 4 members (excludes halogenated alkanes) is 6. The number of para-hydroxylation sites is 1. The maximum absolute atomic E-state index is 14.8. The fourth-order valence-corrected chi connectivity index (χ4v) is 11.2. The topological polar surface area (TPSA) is 695 Å². The number of nitrogens with one attached hydrogen (secondary N) is 13. The lowest BCUT2D eigenvalue weighted by Crippen LogP contribution is -2.62. The number of amides is 14. The van der Waals surface area contributed by atoms with Gasteiger partial charge in [0, 0.05) is 30.5 Å². The van der Waals surface area contributed by atoms with Gasteiger partial charge in [-0.25, -0.2) is 4.79 Å². The predicted octanol–water partition coefficient (Wildman–Crippen LogP) is -6.09. The monoisotopic (exact) mass is 1610 g/mol. The second-order valence-corrected chi connectivity index (χ2v) is 26.7. The van der Waals surface area contributed by atoms with Crippen LogP contribution in [0.2, 0.25) is 0 Å². The number of carboxylic acid groups (broad SMARTS) is 4. The number of nitrogens with two attached hydrogens (primary N) is 3. The summed E-state index contributed by atoms with van der Waals surface area (Å²) in [5.41, 5.74) is 17.3. The SMILES string of the molecule is CCCCCCCCCC(=O)N[C@@H](Cc1ccc(OC)cc1)C(=O)N[C@@H](CC(N)=O)C(=O)N[C@@H](CC(=O)O)C(=O)N[C@@H]1C(=O)NCC(=O)N[C@@H](CCCN)C(=O)N[C@@H](CC(=O)O)C(=O)N[C@H](C)C(=O)N[C@@H](CC(=O)O)C(=O)NCC(=O)N[C@H](CO)C(=O)N[C@@H]([C@@H](C)CC(=O)O)C(=O)N[C@@H](CC(=O)c2ccccc2N)C(=O)O[C@@H]1C. The van der Waals surface area contributed by atoms with Crippen LogP contribution in [0.25, 0.3) is 0 Å².